The standard InChI is InChI=1S/C12H24N2O2/c1-4-5-10-6-7-14(8-10)9-11(13-2)12(15)16-3/h10-11,13H,4-9H2,1-3H3. The minimum Gasteiger partial charge on any atom is -0.468 e. The summed E-state index contributed by atoms with van der Waals surface area (Å²) in [5.74, 6) is 0.654. The minimum atomic E-state index is -0.189. The van der Waals surface area contributed by atoms with Crippen molar-refractivity contribution in [1.29, 1.82) is 0 Å². The molecule has 1 aliphatic rings. The number of hydrogen-bond donors (Lipinski definition) is 1. The summed E-state index contributed by atoms with van der Waals surface area (Å²) in [6.45, 7) is 5.24. The van der Waals surface area contributed by atoms with E-state index in [9.17, 15) is 4.79 Å². The highest BCUT2D eigenvalue weighted by Crippen LogP contribution is 2.20. The molecular weight excluding hydrogens is 204 g/mol. The van der Waals surface area contributed by atoms with Gasteiger partial charge in [0.25, 0.3) is 0 Å². The van der Waals surface area contributed by atoms with E-state index in [1.54, 1.807) is 7.05 Å². The minimum absolute atomic E-state index is 0.165. The van der Waals surface area contributed by atoms with Gasteiger partial charge in [-0.05, 0) is 32.4 Å². The molecule has 1 N–H and O–H groups in total. The molecule has 0 bridgehead atoms. The highest BCUT2D eigenvalue weighted by atomic mass is 16.5. The van der Waals surface area contributed by atoms with Gasteiger partial charge in [-0.1, -0.05) is 13.3 Å². The Morgan fingerprint density at radius 2 is 2.38 bits per heavy atom. The maximum atomic E-state index is 11.4. The fraction of sp³-hybridized carbons (Fsp3) is 0.917. The third-order valence-corrected chi connectivity index (χ3v) is 3.34. The van der Waals surface area contributed by atoms with Crippen LogP contribution in [0.2, 0.25) is 0 Å². The number of carbonyl (C=O) groups is 1. The SMILES string of the molecule is CCCC1CCN(CC(NC)C(=O)OC)C1. The van der Waals surface area contributed by atoms with E-state index >= 15 is 0 Å². The molecule has 0 aromatic heterocycles. The lowest BCUT2D eigenvalue weighted by molar-refractivity contribution is -0.143. The van der Waals surface area contributed by atoms with Gasteiger partial charge in [0.05, 0.1) is 7.11 Å². The largest absolute Gasteiger partial charge is 0.468 e. The molecular formula is C12H24N2O2. The Morgan fingerprint density at radius 1 is 1.62 bits per heavy atom. The predicted octanol–water partition coefficient (Wildman–Crippen LogP) is 0.869. The van der Waals surface area contributed by atoms with Gasteiger partial charge in [0.15, 0.2) is 0 Å². The lowest BCUT2D eigenvalue weighted by atomic mass is 10.0. The molecule has 2 unspecified atom stereocenters. The molecule has 0 amide bonds. The van der Waals surface area contributed by atoms with Crippen molar-refractivity contribution in [1.82, 2.24) is 10.2 Å². The Balaban J connectivity index is 2.34. The van der Waals surface area contributed by atoms with Crippen molar-refractivity contribution in [3.63, 3.8) is 0 Å². The third-order valence-electron chi connectivity index (χ3n) is 3.34. The summed E-state index contributed by atoms with van der Waals surface area (Å²) in [6, 6.07) is -0.189. The number of esters is 1. The van der Waals surface area contributed by atoms with Gasteiger partial charge in [-0.3, -0.25) is 4.79 Å². The molecule has 1 aliphatic heterocycles. The molecule has 1 fully saturated rings. The van der Waals surface area contributed by atoms with Gasteiger partial charge in [0.2, 0.25) is 0 Å². The van der Waals surface area contributed by atoms with Crippen molar-refractivity contribution in [3.8, 4) is 0 Å². The first kappa shape index (κ1) is 13.5. The van der Waals surface area contributed by atoms with Gasteiger partial charge in [0, 0.05) is 13.1 Å². The average Bonchev–Trinajstić information content (AvgIpc) is 2.73. The van der Waals surface area contributed by atoms with Crippen LogP contribution in [0, 0.1) is 5.92 Å². The molecule has 1 saturated heterocycles. The normalized spacial score (nSPS) is 23.3. The van der Waals surface area contributed by atoms with Crippen LogP contribution in [0.15, 0.2) is 0 Å². The molecule has 0 radical (unpaired) electrons. The van der Waals surface area contributed by atoms with Gasteiger partial charge in [-0.25, -0.2) is 0 Å². The van der Waals surface area contributed by atoms with Gasteiger partial charge in [-0.15, -0.1) is 0 Å². The van der Waals surface area contributed by atoms with E-state index in [1.807, 2.05) is 0 Å². The lowest BCUT2D eigenvalue weighted by Gasteiger charge is -2.21. The van der Waals surface area contributed by atoms with E-state index in [2.05, 4.69) is 17.1 Å². The summed E-state index contributed by atoms with van der Waals surface area (Å²) in [4.78, 5) is 13.8. The van der Waals surface area contributed by atoms with Gasteiger partial charge >= 0.3 is 5.97 Å². The molecule has 1 heterocycles. The zero-order valence-electron chi connectivity index (χ0n) is 10.7. The van der Waals surface area contributed by atoms with Crippen molar-refractivity contribution >= 4 is 5.97 Å². The summed E-state index contributed by atoms with van der Waals surface area (Å²) in [7, 11) is 3.25. The molecule has 0 aliphatic carbocycles. The number of ether oxygens (including phenoxy) is 1. The summed E-state index contributed by atoms with van der Waals surface area (Å²) in [6.07, 6.45) is 3.83. The van der Waals surface area contributed by atoms with Crippen LogP contribution in [-0.4, -0.2) is 50.7 Å². The van der Waals surface area contributed by atoms with E-state index in [4.69, 9.17) is 4.74 Å². The predicted molar refractivity (Wildman–Crippen MR) is 64.3 cm³/mol. The maximum absolute atomic E-state index is 11.4. The Hall–Kier alpha value is -0.610. The molecule has 0 aromatic rings. The number of nitrogens with one attached hydrogen (secondary N) is 1. The van der Waals surface area contributed by atoms with Gasteiger partial charge in [-0.2, -0.15) is 0 Å². The van der Waals surface area contributed by atoms with Crippen LogP contribution in [0.3, 0.4) is 0 Å². The maximum Gasteiger partial charge on any atom is 0.324 e. The second kappa shape index (κ2) is 6.86. The molecule has 2 atom stereocenters. The molecule has 16 heavy (non-hydrogen) atoms. The summed E-state index contributed by atoms with van der Waals surface area (Å²) in [5, 5.41) is 3.01. The van der Waals surface area contributed by atoms with Crippen LogP contribution in [-0.2, 0) is 9.53 Å². The number of rotatable bonds is 6. The third kappa shape index (κ3) is 3.76. The molecule has 0 aromatic carbocycles. The average molecular weight is 228 g/mol. The van der Waals surface area contributed by atoms with E-state index in [0.717, 1.165) is 25.6 Å². The van der Waals surface area contributed by atoms with Gasteiger partial charge in [0.1, 0.15) is 6.04 Å². The zero-order valence-corrected chi connectivity index (χ0v) is 10.7. The Morgan fingerprint density at radius 3 is 2.94 bits per heavy atom. The van der Waals surface area contributed by atoms with Crippen LogP contribution in [0.1, 0.15) is 26.2 Å². The fourth-order valence-electron chi connectivity index (χ4n) is 2.41. The zero-order chi connectivity index (χ0) is 12.0. The molecule has 4 heteroatoms. The van der Waals surface area contributed by atoms with Crippen LogP contribution in [0.25, 0.3) is 0 Å². The Bertz CT molecular complexity index is 221. The van der Waals surface area contributed by atoms with Crippen LogP contribution < -0.4 is 5.32 Å². The molecule has 1 rings (SSSR count). The highest BCUT2D eigenvalue weighted by molar-refractivity contribution is 5.75. The number of methoxy groups -OCH3 is 1. The number of carbonyl (C=O) groups excluding carboxylic acids is 1. The topological polar surface area (TPSA) is 41.6 Å². The molecule has 4 nitrogen and oxygen atoms in total. The first-order valence-electron chi connectivity index (χ1n) is 6.18. The number of likely N-dealkylation sites (N-methyl/N-ethyl adjacent to an activating group) is 1. The van der Waals surface area contributed by atoms with E-state index < -0.39 is 0 Å². The van der Waals surface area contributed by atoms with Crippen LogP contribution in [0.4, 0.5) is 0 Å². The number of hydrogen-bond acceptors (Lipinski definition) is 4. The number of likely N-dealkylation sites (tertiary alicyclic amines) is 1. The molecule has 0 spiro atoms. The highest BCUT2D eigenvalue weighted by Gasteiger charge is 2.26. The molecule has 0 saturated carbocycles. The van der Waals surface area contributed by atoms with Crippen molar-refractivity contribution in [2.24, 2.45) is 5.92 Å². The van der Waals surface area contributed by atoms with Crippen molar-refractivity contribution in [2.75, 3.05) is 33.8 Å². The first-order chi connectivity index (χ1) is 7.71. The second-order valence-corrected chi connectivity index (χ2v) is 4.57. The lowest BCUT2D eigenvalue weighted by Crippen LogP contribution is -2.44. The second-order valence-electron chi connectivity index (χ2n) is 4.57. The van der Waals surface area contributed by atoms with Crippen molar-refractivity contribution < 1.29 is 9.53 Å². The van der Waals surface area contributed by atoms with Crippen LogP contribution in [0.5, 0.6) is 0 Å². The summed E-state index contributed by atoms with van der Waals surface area (Å²) < 4.78 is 4.76. The Kier molecular flexibility index (Phi) is 5.77. The monoisotopic (exact) mass is 228 g/mol. The van der Waals surface area contributed by atoms with Gasteiger partial charge < -0.3 is 15.0 Å². The first-order valence-corrected chi connectivity index (χ1v) is 6.18. The van der Waals surface area contributed by atoms with Crippen molar-refractivity contribution in [2.45, 2.75) is 32.2 Å². The fourth-order valence-corrected chi connectivity index (χ4v) is 2.41. The smallest absolute Gasteiger partial charge is 0.324 e. The van der Waals surface area contributed by atoms with E-state index in [0.29, 0.717) is 0 Å². The molecule has 94 valence electrons. The summed E-state index contributed by atoms with van der Waals surface area (Å²) >= 11 is 0. The van der Waals surface area contributed by atoms with Crippen LogP contribution >= 0.6 is 0 Å². The van der Waals surface area contributed by atoms with E-state index in [1.165, 1.54) is 26.4 Å². The Labute approximate surface area is 98.3 Å². The quantitative estimate of drug-likeness (QED) is 0.685. The van der Waals surface area contributed by atoms with E-state index in [-0.39, 0.29) is 12.0 Å². The summed E-state index contributed by atoms with van der Waals surface area (Å²) in [5.41, 5.74) is 0. The number of nitrogens with zero attached hydrogens (tertiary/aromatic N) is 1. The van der Waals surface area contributed by atoms with Crippen molar-refractivity contribution in [3.05, 3.63) is 0 Å².